The van der Waals surface area contributed by atoms with Gasteiger partial charge in [-0.05, 0) is 114 Å². The van der Waals surface area contributed by atoms with Crippen molar-refractivity contribution in [1.29, 1.82) is 0 Å². The fraction of sp³-hybridized carbons (Fsp3) is 0.209. The number of allylic oxidation sites excluding steroid dienone is 1. The summed E-state index contributed by atoms with van der Waals surface area (Å²) in [4.78, 5) is 0. The first-order valence-corrected chi connectivity index (χ1v) is 16.1. The molecular weight excluding hydrogens is 573 g/mol. The zero-order valence-corrected chi connectivity index (χ0v) is 27.1. The zero-order chi connectivity index (χ0) is 32.6. The van der Waals surface area contributed by atoms with E-state index >= 15 is 0 Å². The second-order valence-corrected chi connectivity index (χ2v) is 12.8. The average Bonchev–Trinajstić information content (AvgIpc) is 3.07. The molecule has 1 aliphatic rings. The van der Waals surface area contributed by atoms with Gasteiger partial charge < -0.3 is 0 Å². The number of rotatable bonds is 3. The van der Waals surface area contributed by atoms with Crippen LogP contribution in [-0.4, -0.2) is 0 Å². The lowest BCUT2D eigenvalue weighted by atomic mass is 9.79. The summed E-state index contributed by atoms with van der Waals surface area (Å²) in [6.07, 6.45) is 1.74. The van der Waals surface area contributed by atoms with Crippen LogP contribution in [0, 0.1) is 0 Å². The molecule has 46 heavy (non-hydrogen) atoms. The maximum atomic E-state index is 13.5. The first kappa shape index (κ1) is 31.4. The molecule has 0 spiro atoms. The highest BCUT2D eigenvalue weighted by Crippen LogP contribution is 2.46. The number of benzene rings is 6. The molecule has 0 radical (unpaired) electrons. The zero-order valence-electron chi connectivity index (χ0n) is 27.1. The monoisotopic (exact) mass is 612 g/mol. The van der Waals surface area contributed by atoms with Crippen LogP contribution in [0.4, 0.5) is 13.2 Å². The van der Waals surface area contributed by atoms with Gasteiger partial charge in [0.15, 0.2) is 0 Å². The van der Waals surface area contributed by atoms with Crippen molar-refractivity contribution in [2.24, 2.45) is 0 Å². The second kappa shape index (κ2) is 12.3. The lowest BCUT2D eigenvalue weighted by Gasteiger charge is -2.24. The summed E-state index contributed by atoms with van der Waals surface area (Å²) in [6.45, 7) is 10.6. The molecule has 1 aliphatic carbocycles. The minimum Gasteiger partial charge on any atom is -0.166 e. The topological polar surface area (TPSA) is 0 Å². The van der Waals surface area contributed by atoms with Crippen molar-refractivity contribution in [1.82, 2.24) is 0 Å². The Hall–Kier alpha value is -4.63. The molecule has 0 N–H and O–H groups in total. The molecule has 6 aromatic rings. The van der Waals surface area contributed by atoms with E-state index in [2.05, 4.69) is 118 Å². The molecular formula is C43H39F3. The maximum Gasteiger partial charge on any atom is 0.416 e. The van der Waals surface area contributed by atoms with Crippen LogP contribution in [0.5, 0.6) is 0 Å². The van der Waals surface area contributed by atoms with Crippen molar-refractivity contribution < 1.29 is 13.2 Å². The van der Waals surface area contributed by atoms with Gasteiger partial charge in [-0.1, -0.05) is 132 Å². The van der Waals surface area contributed by atoms with E-state index in [1.54, 1.807) is 12.1 Å². The van der Waals surface area contributed by atoms with E-state index in [1.807, 2.05) is 13.8 Å². The molecule has 0 saturated heterocycles. The van der Waals surface area contributed by atoms with Gasteiger partial charge in [0.2, 0.25) is 0 Å². The minimum absolute atomic E-state index is 0.0546. The Morgan fingerprint density at radius 1 is 0.543 bits per heavy atom. The van der Waals surface area contributed by atoms with Crippen molar-refractivity contribution in [2.75, 3.05) is 0 Å². The van der Waals surface area contributed by atoms with Crippen LogP contribution in [-0.2, 0) is 18.0 Å². The first-order valence-electron chi connectivity index (χ1n) is 16.1. The highest BCUT2D eigenvalue weighted by atomic mass is 19.4. The van der Waals surface area contributed by atoms with E-state index in [1.165, 1.54) is 39.6 Å². The minimum atomic E-state index is -4.38. The highest BCUT2D eigenvalue weighted by Gasteiger charge is 2.30. The summed E-state index contributed by atoms with van der Waals surface area (Å²) in [5.74, 6) is 0. The van der Waals surface area contributed by atoms with Gasteiger partial charge in [0.1, 0.15) is 0 Å². The van der Waals surface area contributed by atoms with Gasteiger partial charge in [-0.2, -0.15) is 13.2 Å². The molecule has 3 heteroatoms. The summed E-state index contributed by atoms with van der Waals surface area (Å²) < 4.78 is 40.6. The van der Waals surface area contributed by atoms with Gasteiger partial charge in [0, 0.05) is 0 Å². The number of hydrogen-bond donors (Lipinski definition) is 0. The van der Waals surface area contributed by atoms with E-state index in [0.717, 1.165) is 57.0 Å². The van der Waals surface area contributed by atoms with Gasteiger partial charge in [-0.25, -0.2) is 0 Å². The number of fused-ring (bicyclic) bond motifs is 3. The second-order valence-electron chi connectivity index (χ2n) is 12.8. The van der Waals surface area contributed by atoms with Crippen molar-refractivity contribution in [3.05, 3.63) is 138 Å². The summed E-state index contributed by atoms with van der Waals surface area (Å²) >= 11 is 0. The molecule has 0 heterocycles. The first-order chi connectivity index (χ1) is 22.1. The van der Waals surface area contributed by atoms with Crippen LogP contribution in [0.2, 0.25) is 0 Å². The molecule has 7 rings (SSSR count). The normalized spacial score (nSPS) is 13.0. The van der Waals surface area contributed by atoms with Gasteiger partial charge >= 0.3 is 6.18 Å². The average molecular weight is 613 g/mol. The van der Waals surface area contributed by atoms with Crippen LogP contribution >= 0.6 is 0 Å². The molecule has 232 valence electrons. The van der Waals surface area contributed by atoms with Crippen LogP contribution in [0.25, 0.3) is 61.0 Å². The van der Waals surface area contributed by atoms with Crippen molar-refractivity contribution in [3.8, 4) is 33.4 Å². The fourth-order valence-electron chi connectivity index (χ4n) is 6.59. The summed E-state index contributed by atoms with van der Waals surface area (Å²) in [5.41, 5.74) is 9.35. The molecule has 0 bridgehead atoms. The number of hydrogen-bond acceptors (Lipinski definition) is 0. The summed E-state index contributed by atoms with van der Waals surface area (Å²) in [6, 6.07) is 36.0. The molecule has 0 unspecified atom stereocenters. The van der Waals surface area contributed by atoms with Crippen LogP contribution in [0.3, 0.4) is 0 Å². The molecule has 0 fully saturated rings. The molecule has 0 amide bonds. The Morgan fingerprint density at radius 2 is 1.15 bits per heavy atom. The van der Waals surface area contributed by atoms with E-state index in [4.69, 9.17) is 0 Å². The Balaban J connectivity index is 0.00000182. The summed E-state index contributed by atoms with van der Waals surface area (Å²) in [7, 11) is 0. The molecule has 0 saturated carbocycles. The molecule has 6 aromatic carbocycles. The van der Waals surface area contributed by atoms with Crippen molar-refractivity contribution in [3.63, 3.8) is 0 Å². The van der Waals surface area contributed by atoms with Gasteiger partial charge in [-0.3, -0.25) is 0 Å². The maximum absolute atomic E-state index is 13.5. The van der Waals surface area contributed by atoms with E-state index in [-0.39, 0.29) is 5.41 Å². The van der Waals surface area contributed by atoms with E-state index in [9.17, 15) is 13.2 Å². The van der Waals surface area contributed by atoms with Crippen LogP contribution in [0.15, 0.2) is 115 Å². The van der Waals surface area contributed by atoms with Gasteiger partial charge in [0.25, 0.3) is 0 Å². The highest BCUT2D eigenvalue weighted by molar-refractivity contribution is 6.11. The van der Waals surface area contributed by atoms with Crippen molar-refractivity contribution in [2.45, 2.75) is 59.1 Å². The third-order valence-electron chi connectivity index (χ3n) is 8.92. The van der Waals surface area contributed by atoms with Crippen LogP contribution in [0.1, 0.15) is 63.3 Å². The van der Waals surface area contributed by atoms with Crippen molar-refractivity contribution >= 4 is 27.6 Å². The Morgan fingerprint density at radius 3 is 1.83 bits per heavy atom. The predicted molar refractivity (Wildman–Crippen MR) is 190 cm³/mol. The van der Waals surface area contributed by atoms with Gasteiger partial charge in [-0.15, -0.1) is 0 Å². The van der Waals surface area contributed by atoms with E-state index in [0.29, 0.717) is 0 Å². The molecule has 0 atom stereocenters. The van der Waals surface area contributed by atoms with Crippen LogP contribution < -0.4 is 0 Å². The Kier molecular flexibility index (Phi) is 8.37. The third kappa shape index (κ3) is 5.87. The number of alkyl halides is 3. The smallest absolute Gasteiger partial charge is 0.166 e. The SMILES string of the molecule is CC.CC(C)(C)c1ccc(-c2ccc3c(-c4ccc5ccccc5c4)c4c(c(-c5ccc(C(F)(F)F)cc5)c3c2)CCC=C4)cc1. The predicted octanol–water partition coefficient (Wildman–Crippen LogP) is 13.3. The largest absolute Gasteiger partial charge is 0.416 e. The quantitative estimate of drug-likeness (QED) is 0.186. The lowest BCUT2D eigenvalue weighted by Crippen LogP contribution is -2.10. The third-order valence-corrected chi connectivity index (χ3v) is 8.92. The standard InChI is InChI=1S/C41H33F3.C2H6/c1-40(2,3)32-19-14-27(15-20-32)30-18-23-36-37(25-30)38(28-16-21-33(22-17-28)41(42,43)44)34-10-6-7-11-35(34)39(36)31-13-12-26-8-4-5-9-29(26)24-31;1-2/h4-5,7-9,11-25H,6,10H2,1-3H3;1-2H3. The number of halogens is 3. The van der Waals surface area contributed by atoms with E-state index < -0.39 is 11.7 Å². The Bertz CT molecular complexity index is 2050. The summed E-state index contributed by atoms with van der Waals surface area (Å²) in [5, 5.41) is 4.51. The lowest BCUT2D eigenvalue weighted by molar-refractivity contribution is -0.137. The fourth-order valence-corrected chi connectivity index (χ4v) is 6.59. The Labute approximate surface area is 270 Å². The van der Waals surface area contributed by atoms with Gasteiger partial charge in [0.05, 0.1) is 5.56 Å². The molecule has 0 aliphatic heterocycles. The molecule has 0 aromatic heterocycles. The molecule has 0 nitrogen and oxygen atoms in total.